The molecule has 0 aliphatic carbocycles. The molecule has 1 amide bonds. The Kier molecular flexibility index (Phi) is 7.64. The summed E-state index contributed by atoms with van der Waals surface area (Å²) < 4.78 is 11.8. The lowest BCUT2D eigenvalue weighted by molar-refractivity contribution is -0.160. The minimum atomic E-state index is -1.25. The first kappa shape index (κ1) is 26.4. The zero-order valence-corrected chi connectivity index (χ0v) is 22.1. The predicted octanol–water partition coefficient (Wildman–Crippen LogP) is 5.56. The van der Waals surface area contributed by atoms with Crippen LogP contribution in [-0.4, -0.2) is 34.2 Å². The Hall–Kier alpha value is -3.71. The number of hydrogen-bond acceptors (Lipinski definition) is 5. The molecule has 7 nitrogen and oxygen atoms in total. The minimum absolute atomic E-state index is 0.265. The van der Waals surface area contributed by atoms with E-state index in [1.165, 1.54) is 0 Å². The highest BCUT2D eigenvalue weighted by Crippen LogP contribution is 2.40. The molecule has 1 atom stereocenters. The molecule has 0 spiro atoms. The van der Waals surface area contributed by atoms with Gasteiger partial charge < -0.3 is 19.9 Å². The van der Waals surface area contributed by atoms with Crippen molar-refractivity contribution in [3.63, 3.8) is 0 Å². The van der Waals surface area contributed by atoms with Gasteiger partial charge in [-0.05, 0) is 87.4 Å². The maximum absolute atomic E-state index is 13.3. The van der Waals surface area contributed by atoms with Crippen LogP contribution in [0.2, 0.25) is 0 Å². The number of hydrogen-bond donors (Lipinski definition) is 2. The van der Waals surface area contributed by atoms with Crippen LogP contribution < -0.4 is 10.1 Å². The van der Waals surface area contributed by atoms with E-state index in [0.717, 1.165) is 35.3 Å². The van der Waals surface area contributed by atoms with Gasteiger partial charge in [0.2, 0.25) is 0 Å². The molecule has 3 aromatic rings. The fourth-order valence-electron chi connectivity index (χ4n) is 4.69. The van der Waals surface area contributed by atoms with Crippen molar-refractivity contribution >= 4 is 11.9 Å². The van der Waals surface area contributed by atoms with Gasteiger partial charge in [-0.15, -0.1) is 0 Å². The number of rotatable bonds is 7. The maximum Gasteiger partial charge on any atom is 0.337 e. The molecular formula is C30H34N2O5. The lowest BCUT2D eigenvalue weighted by Gasteiger charge is -2.29. The van der Waals surface area contributed by atoms with E-state index in [9.17, 15) is 14.7 Å². The van der Waals surface area contributed by atoms with Crippen molar-refractivity contribution in [3.05, 3.63) is 82.2 Å². The van der Waals surface area contributed by atoms with Crippen molar-refractivity contribution in [2.75, 3.05) is 6.61 Å². The van der Waals surface area contributed by atoms with Crippen molar-refractivity contribution in [1.29, 1.82) is 0 Å². The van der Waals surface area contributed by atoms with Gasteiger partial charge in [0.1, 0.15) is 11.4 Å². The quantitative estimate of drug-likeness (QED) is 0.439. The number of carboxylic acid groups (broad SMARTS) is 1. The predicted molar refractivity (Wildman–Crippen MR) is 142 cm³/mol. The third-order valence-corrected chi connectivity index (χ3v) is 6.33. The molecular weight excluding hydrogens is 468 g/mol. The van der Waals surface area contributed by atoms with E-state index < -0.39 is 17.7 Å². The Bertz CT molecular complexity index is 1310. The van der Waals surface area contributed by atoms with E-state index >= 15 is 0 Å². The Morgan fingerprint density at radius 1 is 1.14 bits per heavy atom. The second kappa shape index (κ2) is 10.7. The molecule has 1 aliphatic rings. The summed E-state index contributed by atoms with van der Waals surface area (Å²) in [7, 11) is 0. The Balaban J connectivity index is 1.85. The molecule has 2 aromatic carbocycles. The summed E-state index contributed by atoms with van der Waals surface area (Å²) in [5.41, 5.74) is 4.55. The monoisotopic (exact) mass is 502 g/mol. The van der Waals surface area contributed by atoms with Crippen LogP contribution >= 0.6 is 0 Å². The van der Waals surface area contributed by atoms with Gasteiger partial charge in [0.15, 0.2) is 6.10 Å². The number of carbonyl (C=O) groups is 2. The molecule has 4 rings (SSSR count). The Morgan fingerprint density at radius 2 is 1.86 bits per heavy atom. The molecule has 0 fully saturated rings. The van der Waals surface area contributed by atoms with Crippen molar-refractivity contribution in [3.8, 4) is 16.9 Å². The van der Waals surface area contributed by atoms with Crippen LogP contribution in [0.4, 0.5) is 0 Å². The fraction of sp³-hybridized carbons (Fsp3) is 0.367. The number of aliphatic carboxylic acids is 1. The molecule has 0 saturated heterocycles. The largest absolute Gasteiger partial charge is 0.493 e. The summed E-state index contributed by atoms with van der Waals surface area (Å²) in [4.78, 5) is 30.4. The fourth-order valence-corrected chi connectivity index (χ4v) is 4.69. The number of carboxylic acids is 1. The first-order valence-electron chi connectivity index (χ1n) is 12.5. The highest BCUT2D eigenvalue weighted by Gasteiger charge is 2.33. The number of fused-ring (bicyclic) bond motifs is 1. The lowest BCUT2D eigenvalue weighted by atomic mass is 9.88. The van der Waals surface area contributed by atoms with E-state index in [-0.39, 0.29) is 11.6 Å². The number of pyridine rings is 1. The van der Waals surface area contributed by atoms with E-state index in [2.05, 4.69) is 10.3 Å². The van der Waals surface area contributed by atoms with Crippen LogP contribution in [0, 0.1) is 13.8 Å². The standard InChI is InChI=1S/C30H34N2O5/c1-18-24(22-13-14-23-21(16-22)12-9-15-36-23)25(27(29(34)35)37-30(3,4)5)19(2)32-26(18)28(33)31-17-20-10-7-6-8-11-20/h6-8,10-11,13-14,16,27H,9,12,15,17H2,1-5H3,(H,31,33)(H,34,35)/t27-/m0/s1. The zero-order valence-electron chi connectivity index (χ0n) is 22.1. The molecule has 37 heavy (non-hydrogen) atoms. The van der Waals surface area contributed by atoms with Crippen molar-refractivity contribution in [1.82, 2.24) is 10.3 Å². The molecule has 7 heteroatoms. The van der Waals surface area contributed by atoms with Crippen LogP contribution in [0.1, 0.15) is 71.7 Å². The van der Waals surface area contributed by atoms with Gasteiger partial charge >= 0.3 is 5.97 Å². The summed E-state index contributed by atoms with van der Waals surface area (Å²) in [5, 5.41) is 13.2. The number of ether oxygens (including phenoxy) is 2. The Labute approximate surface area is 217 Å². The van der Waals surface area contributed by atoms with Crippen molar-refractivity contribution < 1.29 is 24.2 Å². The molecule has 1 aromatic heterocycles. The normalized spacial score (nSPS) is 13.9. The SMILES string of the molecule is Cc1nc(C(=O)NCc2ccccc2)c(C)c(-c2ccc3c(c2)CCCO3)c1[C@H](OC(C)(C)C)C(=O)O. The Morgan fingerprint density at radius 3 is 2.54 bits per heavy atom. The first-order chi connectivity index (χ1) is 17.5. The molecule has 0 bridgehead atoms. The van der Waals surface area contributed by atoms with E-state index in [1.54, 1.807) is 6.92 Å². The van der Waals surface area contributed by atoms with E-state index in [4.69, 9.17) is 9.47 Å². The maximum atomic E-state index is 13.3. The van der Waals surface area contributed by atoms with Crippen LogP contribution in [0.5, 0.6) is 5.75 Å². The third kappa shape index (κ3) is 6.00. The molecule has 0 radical (unpaired) electrons. The number of benzene rings is 2. The van der Waals surface area contributed by atoms with Gasteiger partial charge in [0.25, 0.3) is 5.91 Å². The lowest BCUT2D eigenvalue weighted by Crippen LogP contribution is -2.30. The summed E-state index contributed by atoms with van der Waals surface area (Å²) >= 11 is 0. The van der Waals surface area contributed by atoms with Crippen LogP contribution in [0.15, 0.2) is 48.5 Å². The average Bonchev–Trinajstić information content (AvgIpc) is 2.86. The molecule has 194 valence electrons. The van der Waals surface area contributed by atoms with Gasteiger partial charge in [-0.1, -0.05) is 36.4 Å². The van der Waals surface area contributed by atoms with Crippen molar-refractivity contribution in [2.24, 2.45) is 0 Å². The number of aromatic nitrogens is 1. The molecule has 2 heterocycles. The molecule has 1 aliphatic heterocycles. The second-order valence-corrected chi connectivity index (χ2v) is 10.4. The molecule has 0 unspecified atom stereocenters. The van der Waals surface area contributed by atoms with Gasteiger partial charge in [-0.2, -0.15) is 0 Å². The van der Waals surface area contributed by atoms with Crippen molar-refractivity contribution in [2.45, 2.75) is 65.7 Å². The number of carbonyl (C=O) groups excluding carboxylic acids is 1. The zero-order chi connectivity index (χ0) is 26.7. The number of nitrogens with one attached hydrogen (secondary N) is 1. The van der Waals surface area contributed by atoms with Gasteiger partial charge in [0, 0.05) is 17.8 Å². The summed E-state index contributed by atoms with van der Waals surface area (Å²) in [6, 6.07) is 15.5. The topological polar surface area (TPSA) is 97.8 Å². The molecule has 0 saturated carbocycles. The minimum Gasteiger partial charge on any atom is -0.493 e. The van der Waals surface area contributed by atoms with E-state index in [0.29, 0.717) is 35.5 Å². The molecule has 2 N–H and O–H groups in total. The first-order valence-corrected chi connectivity index (χ1v) is 12.5. The highest BCUT2D eigenvalue weighted by molar-refractivity contribution is 5.97. The number of amides is 1. The number of nitrogens with zero attached hydrogens (tertiary/aromatic N) is 1. The smallest absolute Gasteiger partial charge is 0.337 e. The average molecular weight is 503 g/mol. The highest BCUT2D eigenvalue weighted by atomic mass is 16.5. The van der Waals surface area contributed by atoms with Crippen LogP contribution in [-0.2, 0) is 22.5 Å². The van der Waals surface area contributed by atoms with Gasteiger partial charge in [-0.3, -0.25) is 4.79 Å². The third-order valence-electron chi connectivity index (χ3n) is 6.33. The summed E-state index contributed by atoms with van der Waals surface area (Å²) in [6.07, 6.45) is 0.526. The van der Waals surface area contributed by atoms with E-state index in [1.807, 2.05) is 76.2 Å². The van der Waals surface area contributed by atoms with Crippen LogP contribution in [0.3, 0.4) is 0 Å². The summed E-state index contributed by atoms with van der Waals surface area (Å²) in [6.45, 7) is 10.0. The second-order valence-electron chi connectivity index (χ2n) is 10.4. The van der Waals surface area contributed by atoms with Crippen LogP contribution in [0.25, 0.3) is 11.1 Å². The number of aryl methyl sites for hydroxylation is 2. The summed E-state index contributed by atoms with van der Waals surface area (Å²) in [5.74, 6) is -0.591. The van der Waals surface area contributed by atoms with Gasteiger partial charge in [-0.25, -0.2) is 9.78 Å². The van der Waals surface area contributed by atoms with Gasteiger partial charge in [0.05, 0.1) is 12.2 Å².